The molecule has 2 aliphatic rings. The minimum Gasteiger partial charge on any atom is -0.344 e. The maximum atomic E-state index is 15.0. The molecule has 1 aromatic carbocycles. The third kappa shape index (κ3) is 4.01. The van der Waals surface area contributed by atoms with Crippen LogP contribution in [0, 0.1) is 19.7 Å². The van der Waals surface area contributed by atoms with Gasteiger partial charge in [0.15, 0.2) is 5.65 Å². The normalized spacial score (nSPS) is 20.4. The molecule has 1 aliphatic heterocycles. The lowest BCUT2D eigenvalue weighted by Crippen LogP contribution is -2.41. The number of likely N-dealkylation sites (N-methyl/N-ethyl adjacent to an activating group) is 1. The summed E-state index contributed by atoms with van der Waals surface area (Å²) in [5, 5.41) is 4.78. The monoisotopic (exact) mass is 505 g/mol. The number of fused-ring (bicyclic) bond motifs is 1. The number of benzene rings is 1. The Labute approximate surface area is 212 Å². The fourth-order valence-corrected chi connectivity index (χ4v) is 5.02. The number of likely N-dealkylation sites (tertiary alicyclic amines) is 1. The number of aryl methyl sites for hydroxylation is 2. The minimum absolute atomic E-state index is 0.0533. The van der Waals surface area contributed by atoms with Gasteiger partial charge in [-0.2, -0.15) is 5.10 Å². The molecular weight excluding hydrogens is 481 g/mol. The Bertz CT molecular complexity index is 1520. The highest BCUT2D eigenvalue weighted by Crippen LogP contribution is 2.39. The van der Waals surface area contributed by atoms with Gasteiger partial charge in [0.05, 0.1) is 29.5 Å². The van der Waals surface area contributed by atoms with E-state index in [0.717, 1.165) is 29.8 Å². The van der Waals surface area contributed by atoms with Crippen LogP contribution >= 0.6 is 11.6 Å². The summed E-state index contributed by atoms with van der Waals surface area (Å²) in [7, 11) is 1.79. The average Bonchev–Trinajstić information content (AvgIpc) is 3.58. The number of piperidine rings is 1. The Kier molecular flexibility index (Phi) is 5.48. The molecule has 8 nitrogen and oxygen atoms in total. The average molecular weight is 506 g/mol. The molecule has 6 rings (SSSR count). The Morgan fingerprint density at radius 1 is 1.08 bits per heavy atom. The fourth-order valence-electron chi connectivity index (χ4n) is 4.86. The number of carbonyl (C=O) groups excluding carboxylic acids is 1. The van der Waals surface area contributed by atoms with Crippen molar-refractivity contribution in [3.8, 4) is 11.3 Å². The number of hydrogen-bond donors (Lipinski definition) is 0. The molecule has 10 heteroatoms. The van der Waals surface area contributed by atoms with Gasteiger partial charge in [0, 0.05) is 41.9 Å². The Hall–Kier alpha value is -3.46. The zero-order valence-corrected chi connectivity index (χ0v) is 21.0. The van der Waals surface area contributed by atoms with Gasteiger partial charge in [-0.1, -0.05) is 11.6 Å². The zero-order chi connectivity index (χ0) is 25.1. The molecule has 1 aliphatic carbocycles. The van der Waals surface area contributed by atoms with Crippen molar-refractivity contribution >= 4 is 28.7 Å². The molecular formula is C26H25ClFN7O. The van der Waals surface area contributed by atoms with Crippen LogP contribution in [0.2, 0.25) is 5.02 Å². The Balaban J connectivity index is 1.45. The van der Waals surface area contributed by atoms with Crippen LogP contribution in [0.25, 0.3) is 22.4 Å². The molecule has 1 saturated carbocycles. The molecule has 3 aromatic heterocycles. The van der Waals surface area contributed by atoms with Crippen LogP contribution in [0.3, 0.4) is 0 Å². The summed E-state index contributed by atoms with van der Waals surface area (Å²) in [6.07, 6.45) is 6.56. The SMILES string of the molecule is Cc1nc2nc([C@H]3C[C@H](c4cnn(C5CC5)c4)C(=O)N(C)C3)nc(-c3ccc(Cl)cc3F)c2nc1C. The fraction of sp³-hybridized carbons (Fsp3) is 0.385. The van der Waals surface area contributed by atoms with Gasteiger partial charge in [0.2, 0.25) is 5.91 Å². The van der Waals surface area contributed by atoms with E-state index in [0.29, 0.717) is 46.7 Å². The molecule has 184 valence electrons. The molecule has 0 spiro atoms. The third-order valence-corrected chi connectivity index (χ3v) is 7.38. The third-order valence-electron chi connectivity index (χ3n) is 7.14. The van der Waals surface area contributed by atoms with Crippen molar-refractivity contribution in [2.75, 3.05) is 13.6 Å². The lowest BCUT2D eigenvalue weighted by Gasteiger charge is -2.34. The van der Waals surface area contributed by atoms with Gasteiger partial charge in [-0.25, -0.2) is 24.3 Å². The van der Waals surface area contributed by atoms with Crippen LogP contribution in [-0.4, -0.2) is 54.1 Å². The standard InChI is InChI=1S/C26H25ClFN7O/c1-13-14(2)31-25-23(30-13)22(19-7-4-17(27)9-21(19)28)32-24(33-25)15-8-20(26(36)34(3)11-15)16-10-29-35(12-16)18-5-6-18/h4,7,9-10,12,15,18,20H,5-6,8,11H2,1-3H3/t15-,20+/m0/s1. The lowest BCUT2D eigenvalue weighted by molar-refractivity contribution is -0.134. The molecule has 2 atom stereocenters. The first-order valence-electron chi connectivity index (χ1n) is 12.1. The predicted molar refractivity (Wildman–Crippen MR) is 133 cm³/mol. The number of halogens is 2. The van der Waals surface area contributed by atoms with E-state index in [-0.39, 0.29) is 23.3 Å². The number of amides is 1. The van der Waals surface area contributed by atoms with Gasteiger partial charge in [-0.3, -0.25) is 9.48 Å². The second kappa shape index (κ2) is 8.58. The van der Waals surface area contributed by atoms with Crippen molar-refractivity contribution in [2.45, 2.75) is 51.0 Å². The quantitative estimate of drug-likeness (QED) is 0.397. The van der Waals surface area contributed by atoms with E-state index in [1.165, 1.54) is 6.07 Å². The molecule has 0 radical (unpaired) electrons. The Morgan fingerprint density at radius 2 is 1.86 bits per heavy atom. The highest BCUT2D eigenvalue weighted by atomic mass is 35.5. The summed E-state index contributed by atoms with van der Waals surface area (Å²) in [5.41, 5.74) is 3.88. The highest BCUT2D eigenvalue weighted by Gasteiger charge is 2.37. The van der Waals surface area contributed by atoms with Crippen molar-refractivity contribution in [1.29, 1.82) is 0 Å². The van der Waals surface area contributed by atoms with E-state index in [1.807, 2.05) is 24.7 Å². The number of aromatic nitrogens is 6. The predicted octanol–water partition coefficient (Wildman–Crippen LogP) is 4.76. The van der Waals surface area contributed by atoms with E-state index >= 15 is 4.39 Å². The first kappa shape index (κ1) is 23.0. The number of nitrogens with zero attached hydrogens (tertiary/aromatic N) is 7. The van der Waals surface area contributed by atoms with Crippen LogP contribution in [0.4, 0.5) is 4.39 Å². The van der Waals surface area contributed by atoms with E-state index in [1.54, 1.807) is 30.3 Å². The van der Waals surface area contributed by atoms with E-state index in [9.17, 15) is 4.79 Å². The summed E-state index contributed by atoms with van der Waals surface area (Å²) in [6.45, 7) is 4.18. The zero-order valence-electron chi connectivity index (χ0n) is 20.2. The summed E-state index contributed by atoms with van der Waals surface area (Å²) in [5.74, 6) is -0.429. The Morgan fingerprint density at radius 3 is 2.61 bits per heavy atom. The molecule has 36 heavy (non-hydrogen) atoms. The minimum atomic E-state index is -0.491. The topological polar surface area (TPSA) is 89.7 Å². The van der Waals surface area contributed by atoms with Crippen molar-refractivity contribution < 1.29 is 9.18 Å². The molecule has 0 bridgehead atoms. The van der Waals surface area contributed by atoms with Crippen LogP contribution in [0.15, 0.2) is 30.6 Å². The van der Waals surface area contributed by atoms with Crippen LogP contribution in [-0.2, 0) is 4.79 Å². The number of carbonyl (C=O) groups is 1. The number of rotatable bonds is 4. The van der Waals surface area contributed by atoms with E-state index in [4.69, 9.17) is 21.6 Å². The van der Waals surface area contributed by atoms with Crippen LogP contribution < -0.4 is 0 Å². The second-order valence-electron chi connectivity index (χ2n) is 9.81. The van der Waals surface area contributed by atoms with Crippen molar-refractivity contribution in [3.63, 3.8) is 0 Å². The van der Waals surface area contributed by atoms with Crippen LogP contribution in [0.1, 0.15) is 59.9 Å². The molecule has 1 amide bonds. The lowest BCUT2D eigenvalue weighted by atomic mass is 9.84. The van der Waals surface area contributed by atoms with Gasteiger partial charge in [0.25, 0.3) is 0 Å². The largest absolute Gasteiger partial charge is 0.344 e. The number of hydrogen-bond acceptors (Lipinski definition) is 6. The van der Waals surface area contributed by atoms with Crippen LogP contribution in [0.5, 0.6) is 0 Å². The van der Waals surface area contributed by atoms with Gasteiger partial charge in [-0.15, -0.1) is 0 Å². The smallest absolute Gasteiger partial charge is 0.230 e. The van der Waals surface area contributed by atoms with Gasteiger partial charge in [-0.05, 0) is 51.3 Å². The molecule has 1 saturated heterocycles. The summed E-state index contributed by atoms with van der Waals surface area (Å²) in [6, 6.07) is 4.94. The molecule has 4 aromatic rings. The highest BCUT2D eigenvalue weighted by molar-refractivity contribution is 6.30. The van der Waals surface area contributed by atoms with E-state index in [2.05, 4.69) is 15.1 Å². The van der Waals surface area contributed by atoms with Crippen molar-refractivity contribution in [1.82, 2.24) is 34.6 Å². The molecule has 0 unspecified atom stereocenters. The maximum Gasteiger partial charge on any atom is 0.230 e. The second-order valence-corrected chi connectivity index (χ2v) is 10.2. The first-order valence-corrected chi connectivity index (χ1v) is 12.4. The van der Waals surface area contributed by atoms with Gasteiger partial charge in [0.1, 0.15) is 22.9 Å². The summed E-state index contributed by atoms with van der Waals surface area (Å²) >= 11 is 6.01. The maximum absolute atomic E-state index is 15.0. The molecule has 0 N–H and O–H groups in total. The van der Waals surface area contributed by atoms with Gasteiger partial charge < -0.3 is 4.90 Å². The van der Waals surface area contributed by atoms with Gasteiger partial charge >= 0.3 is 0 Å². The summed E-state index contributed by atoms with van der Waals surface area (Å²) in [4.78, 5) is 33.7. The summed E-state index contributed by atoms with van der Waals surface area (Å²) < 4.78 is 17.0. The van der Waals surface area contributed by atoms with Crippen molar-refractivity contribution in [3.05, 3.63) is 64.2 Å². The van der Waals surface area contributed by atoms with E-state index < -0.39 is 5.82 Å². The molecule has 4 heterocycles. The molecule has 2 fully saturated rings. The van der Waals surface area contributed by atoms with Crippen molar-refractivity contribution in [2.24, 2.45) is 0 Å². The first-order chi connectivity index (χ1) is 17.3.